The van der Waals surface area contributed by atoms with E-state index in [1.165, 1.54) is 19.3 Å². The number of carbonyl (C=O) groups excluding carboxylic acids is 2. The average molecular weight is 271 g/mol. The number of hydrogen-bond donors (Lipinski definition) is 1. The summed E-state index contributed by atoms with van der Waals surface area (Å²) in [7, 11) is 0. The van der Waals surface area contributed by atoms with E-state index >= 15 is 0 Å². The van der Waals surface area contributed by atoms with E-state index in [2.05, 4.69) is 5.32 Å². The van der Waals surface area contributed by atoms with Crippen LogP contribution in [0.1, 0.15) is 52.4 Å². The Morgan fingerprint density at radius 3 is 2.32 bits per heavy atom. The van der Waals surface area contributed by atoms with Crippen LogP contribution in [0.5, 0.6) is 0 Å². The van der Waals surface area contributed by atoms with E-state index < -0.39 is 6.04 Å². The van der Waals surface area contributed by atoms with Gasteiger partial charge in [0.1, 0.15) is 6.04 Å². The first-order valence-electron chi connectivity index (χ1n) is 7.25. The highest BCUT2D eigenvalue weighted by atomic mass is 16.5. The first kappa shape index (κ1) is 16.0. The second kappa shape index (κ2) is 8.91. The molecule has 0 bridgehead atoms. The number of hydrogen-bond acceptors (Lipinski definition) is 5. The standard InChI is InChI=1S/C14H25NO4/c1-3-18-13(16)10-12(14(17)19-4-2)15-11-8-6-5-7-9-11/h11-12,15H,3-10H2,1-2H3. The van der Waals surface area contributed by atoms with Gasteiger partial charge in [-0.3, -0.25) is 9.59 Å². The van der Waals surface area contributed by atoms with Crippen molar-refractivity contribution in [3.63, 3.8) is 0 Å². The van der Waals surface area contributed by atoms with Gasteiger partial charge in [-0.1, -0.05) is 19.3 Å². The van der Waals surface area contributed by atoms with Gasteiger partial charge in [-0.2, -0.15) is 0 Å². The molecule has 110 valence electrons. The van der Waals surface area contributed by atoms with Crippen molar-refractivity contribution in [1.82, 2.24) is 5.32 Å². The van der Waals surface area contributed by atoms with Crippen LogP contribution in [0.25, 0.3) is 0 Å². The molecule has 1 N–H and O–H groups in total. The van der Waals surface area contributed by atoms with Crippen LogP contribution in [0.4, 0.5) is 0 Å². The maximum Gasteiger partial charge on any atom is 0.323 e. The predicted octanol–water partition coefficient (Wildman–Crippen LogP) is 1.79. The van der Waals surface area contributed by atoms with E-state index in [1.54, 1.807) is 13.8 Å². The average Bonchev–Trinajstić information content (AvgIpc) is 2.40. The Kier molecular flexibility index (Phi) is 7.48. The van der Waals surface area contributed by atoms with Crippen LogP contribution >= 0.6 is 0 Å². The molecule has 1 aliphatic carbocycles. The second-order valence-electron chi connectivity index (χ2n) is 4.82. The van der Waals surface area contributed by atoms with Gasteiger partial charge in [0.2, 0.25) is 0 Å². The highest BCUT2D eigenvalue weighted by Crippen LogP contribution is 2.18. The van der Waals surface area contributed by atoms with Crippen LogP contribution in [-0.2, 0) is 19.1 Å². The largest absolute Gasteiger partial charge is 0.466 e. The van der Waals surface area contributed by atoms with E-state index in [0.717, 1.165) is 12.8 Å². The van der Waals surface area contributed by atoms with Gasteiger partial charge in [0.05, 0.1) is 19.6 Å². The topological polar surface area (TPSA) is 64.6 Å². The normalized spacial score (nSPS) is 17.8. The summed E-state index contributed by atoms with van der Waals surface area (Å²) in [6, 6.07) is -0.278. The van der Waals surface area contributed by atoms with Crippen molar-refractivity contribution in [3.05, 3.63) is 0 Å². The molecule has 5 nitrogen and oxygen atoms in total. The molecule has 1 atom stereocenters. The molecule has 19 heavy (non-hydrogen) atoms. The zero-order valence-electron chi connectivity index (χ0n) is 11.9. The molecule has 0 aromatic carbocycles. The molecule has 1 unspecified atom stereocenters. The lowest BCUT2D eigenvalue weighted by atomic mass is 9.94. The van der Waals surface area contributed by atoms with Crippen molar-refractivity contribution in [2.24, 2.45) is 0 Å². The lowest BCUT2D eigenvalue weighted by Gasteiger charge is -2.27. The first-order valence-corrected chi connectivity index (χ1v) is 7.25. The molecule has 1 saturated carbocycles. The maximum atomic E-state index is 11.9. The third kappa shape index (κ3) is 6.05. The number of rotatable bonds is 7. The number of ether oxygens (including phenoxy) is 2. The minimum absolute atomic E-state index is 0.0448. The Morgan fingerprint density at radius 1 is 1.11 bits per heavy atom. The summed E-state index contributed by atoms with van der Waals surface area (Å²) in [5, 5.41) is 3.25. The van der Waals surface area contributed by atoms with Crippen molar-refractivity contribution in [1.29, 1.82) is 0 Å². The summed E-state index contributed by atoms with van der Waals surface area (Å²) >= 11 is 0. The van der Waals surface area contributed by atoms with Crippen LogP contribution in [0.2, 0.25) is 0 Å². The van der Waals surface area contributed by atoms with Crippen LogP contribution in [0.3, 0.4) is 0 Å². The Bertz CT molecular complexity index is 287. The summed E-state index contributed by atoms with van der Waals surface area (Å²) < 4.78 is 9.92. The number of nitrogens with one attached hydrogen (secondary N) is 1. The summed E-state index contributed by atoms with van der Waals surface area (Å²) in [5.74, 6) is -0.718. The second-order valence-corrected chi connectivity index (χ2v) is 4.82. The highest BCUT2D eigenvalue weighted by molar-refractivity contribution is 5.82. The molecular weight excluding hydrogens is 246 g/mol. The van der Waals surface area contributed by atoms with Crippen LogP contribution in [0.15, 0.2) is 0 Å². The lowest BCUT2D eigenvalue weighted by molar-refractivity contribution is -0.152. The van der Waals surface area contributed by atoms with Crippen LogP contribution < -0.4 is 5.32 Å². The third-order valence-corrected chi connectivity index (χ3v) is 3.29. The molecule has 0 amide bonds. The van der Waals surface area contributed by atoms with Crippen molar-refractivity contribution < 1.29 is 19.1 Å². The van der Waals surface area contributed by atoms with E-state index in [1.807, 2.05) is 0 Å². The third-order valence-electron chi connectivity index (χ3n) is 3.29. The fourth-order valence-corrected chi connectivity index (χ4v) is 2.39. The highest BCUT2D eigenvalue weighted by Gasteiger charge is 2.27. The van der Waals surface area contributed by atoms with Crippen molar-refractivity contribution in [3.8, 4) is 0 Å². The molecule has 5 heteroatoms. The van der Waals surface area contributed by atoms with Gasteiger partial charge in [0.15, 0.2) is 0 Å². The van der Waals surface area contributed by atoms with Gasteiger partial charge in [0.25, 0.3) is 0 Å². The molecule has 0 radical (unpaired) electrons. The minimum atomic E-state index is -0.581. The summed E-state index contributed by atoms with van der Waals surface area (Å²) in [6.45, 7) is 4.17. The smallest absolute Gasteiger partial charge is 0.323 e. The summed E-state index contributed by atoms with van der Waals surface area (Å²) in [5.41, 5.74) is 0. The fourth-order valence-electron chi connectivity index (χ4n) is 2.39. The van der Waals surface area contributed by atoms with E-state index in [0.29, 0.717) is 19.3 Å². The molecule has 1 aliphatic rings. The van der Waals surface area contributed by atoms with Gasteiger partial charge in [0, 0.05) is 6.04 Å². The fraction of sp³-hybridized carbons (Fsp3) is 0.857. The molecule has 1 rings (SSSR count). The quantitative estimate of drug-likeness (QED) is 0.715. The zero-order chi connectivity index (χ0) is 14.1. The number of esters is 2. The van der Waals surface area contributed by atoms with Gasteiger partial charge < -0.3 is 14.8 Å². The molecule has 0 aromatic rings. The predicted molar refractivity (Wildman–Crippen MR) is 71.7 cm³/mol. The van der Waals surface area contributed by atoms with E-state index in [9.17, 15) is 9.59 Å². The Morgan fingerprint density at radius 2 is 1.74 bits per heavy atom. The number of carbonyl (C=O) groups is 2. The molecule has 0 saturated heterocycles. The van der Waals surface area contributed by atoms with Crippen LogP contribution in [-0.4, -0.2) is 37.2 Å². The summed E-state index contributed by atoms with van der Waals surface area (Å²) in [4.78, 5) is 23.4. The lowest BCUT2D eigenvalue weighted by Crippen LogP contribution is -2.46. The van der Waals surface area contributed by atoms with Crippen LogP contribution in [0, 0.1) is 0 Å². The van der Waals surface area contributed by atoms with Gasteiger partial charge in [-0.15, -0.1) is 0 Å². The molecule has 0 heterocycles. The van der Waals surface area contributed by atoms with Gasteiger partial charge in [-0.05, 0) is 26.7 Å². The molecule has 0 spiro atoms. The van der Waals surface area contributed by atoms with E-state index in [-0.39, 0.29) is 18.4 Å². The Labute approximate surface area is 115 Å². The SMILES string of the molecule is CCOC(=O)CC(NC1CCCCC1)C(=O)OCC. The Hall–Kier alpha value is -1.10. The molecular formula is C14H25NO4. The maximum absolute atomic E-state index is 11.9. The summed E-state index contributed by atoms with van der Waals surface area (Å²) in [6.07, 6.45) is 5.75. The molecule has 0 aliphatic heterocycles. The Balaban J connectivity index is 2.52. The zero-order valence-corrected chi connectivity index (χ0v) is 11.9. The van der Waals surface area contributed by atoms with Gasteiger partial charge in [-0.25, -0.2) is 0 Å². The van der Waals surface area contributed by atoms with Crippen molar-refractivity contribution in [2.45, 2.75) is 64.5 Å². The monoisotopic (exact) mass is 271 g/mol. The van der Waals surface area contributed by atoms with E-state index in [4.69, 9.17) is 9.47 Å². The van der Waals surface area contributed by atoms with Crippen molar-refractivity contribution >= 4 is 11.9 Å². The van der Waals surface area contributed by atoms with Crippen molar-refractivity contribution in [2.75, 3.05) is 13.2 Å². The van der Waals surface area contributed by atoms with Gasteiger partial charge >= 0.3 is 11.9 Å². The molecule has 0 aromatic heterocycles. The first-order chi connectivity index (χ1) is 9.17. The minimum Gasteiger partial charge on any atom is -0.466 e. The molecule has 1 fully saturated rings.